The first-order chi connectivity index (χ1) is 15.0. The van der Waals surface area contributed by atoms with Crippen molar-refractivity contribution in [2.45, 2.75) is 19.4 Å². The molecule has 1 aromatic heterocycles. The summed E-state index contributed by atoms with van der Waals surface area (Å²) in [7, 11) is 1.61. The highest BCUT2D eigenvalue weighted by Crippen LogP contribution is 2.37. The molecule has 31 heavy (non-hydrogen) atoms. The Bertz CT molecular complexity index is 1190. The number of hydrogen-bond acceptors (Lipinski definition) is 6. The minimum absolute atomic E-state index is 0.00738. The largest absolute Gasteiger partial charge is 0.497 e. The zero-order valence-corrected chi connectivity index (χ0v) is 17.0. The lowest BCUT2D eigenvalue weighted by Gasteiger charge is -2.24. The summed E-state index contributed by atoms with van der Waals surface area (Å²) < 4.78 is 17.5. The van der Waals surface area contributed by atoms with Gasteiger partial charge in [-0.2, -0.15) is 5.10 Å². The molecule has 0 saturated heterocycles. The van der Waals surface area contributed by atoms with Crippen LogP contribution in [-0.2, 0) is 9.59 Å². The second-order valence-corrected chi connectivity index (χ2v) is 7.32. The third kappa shape index (κ3) is 3.33. The zero-order valence-electron chi connectivity index (χ0n) is 17.0. The number of nitrogens with one attached hydrogen (secondary N) is 2. The Morgan fingerprint density at radius 3 is 2.74 bits per heavy atom. The normalized spacial score (nSPS) is 16.5. The number of hydrogen-bond donors (Lipinski definition) is 2. The summed E-state index contributed by atoms with van der Waals surface area (Å²) in [4.78, 5) is 25.4. The number of benzene rings is 2. The molecule has 2 aliphatic rings. The van der Waals surface area contributed by atoms with Gasteiger partial charge in [-0.15, -0.1) is 0 Å². The fourth-order valence-electron chi connectivity index (χ4n) is 3.77. The first kappa shape index (κ1) is 19.0. The highest BCUT2D eigenvalue weighted by molar-refractivity contribution is 6.02. The van der Waals surface area contributed by atoms with E-state index in [1.54, 1.807) is 30.0 Å². The number of aromatic nitrogens is 2. The summed E-state index contributed by atoms with van der Waals surface area (Å²) in [6.45, 7) is 2.02. The van der Waals surface area contributed by atoms with E-state index >= 15 is 0 Å². The van der Waals surface area contributed by atoms with Gasteiger partial charge < -0.3 is 24.8 Å². The van der Waals surface area contributed by atoms with Gasteiger partial charge in [0.1, 0.15) is 17.6 Å². The minimum atomic E-state index is -0.778. The van der Waals surface area contributed by atoms with Gasteiger partial charge in [0, 0.05) is 22.9 Å². The first-order valence-corrected chi connectivity index (χ1v) is 9.77. The van der Waals surface area contributed by atoms with Crippen molar-refractivity contribution >= 4 is 23.3 Å². The SMILES string of the molecule is COc1ccc(-c2nn3c(c2C)NC(=O)C[C@H]3C(=O)Nc2ccc3c(c2)OCO3)cc1. The molecule has 2 aliphatic heterocycles. The number of methoxy groups -OCH3 is 1. The Morgan fingerprint density at radius 1 is 1.19 bits per heavy atom. The van der Waals surface area contributed by atoms with Crippen LogP contribution in [0.2, 0.25) is 0 Å². The zero-order chi connectivity index (χ0) is 21.5. The summed E-state index contributed by atoms with van der Waals surface area (Å²) in [5.74, 6) is 1.88. The van der Waals surface area contributed by atoms with Crippen molar-refractivity contribution in [2.75, 3.05) is 24.5 Å². The number of carbonyl (C=O) groups is 2. The maximum atomic E-state index is 13.1. The van der Waals surface area contributed by atoms with Crippen molar-refractivity contribution in [3.63, 3.8) is 0 Å². The number of ether oxygens (including phenoxy) is 3. The number of anilines is 2. The summed E-state index contributed by atoms with van der Waals surface area (Å²) >= 11 is 0. The van der Waals surface area contributed by atoms with Crippen LogP contribution in [0.25, 0.3) is 11.3 Å². The number of rotatable bonds is 4. The third-order valence-electron chi connectivity index (χ3n) is 5.39. The lowest BCUT2D eigenvalue weighted by atomic mass is 10.1. The standard InChI is InChI=1S/C22H20N4O5/c1-12-20(13-3-6-15(29-2)7-4-13)25-26-16(10-19(27)24-21(12)26)22(28)23-14-5-8-17-18(9-14)31-11-30-17/h3-9,16H,10-11H2,1-2H3,(H,23,28)(H,24,27)/t16-/m0/s1. The molecule has 1 atom stereocenters. The molecule has 2 N–H and O–H groups in total. The summed E-state index contributed by atoms with van der Waals surface area (Å²) in [5.41, 5.74) is 2.91. The Kier molecular flexibility index (Phi) is 4.50. The number of amides is 2. The molecule has 5 rings (SSSR count). The Hall–Kier alpha value is -4.01. The van der Waals surface area contributed by atoms with Gasteiger partial charge in [0.2, 0.25) is 18.6 Å². The Balaban J connectivity index is 1.46. The average molecular weight is 420 g/mol. The second-order valence-electron chi connectivity index (χ2n) is 7.32. The molecule has 2 aromatic carbocycles. The Morgan fingerprint density at radius 2 is 1.97 bits per heavy atom. The maximum absolute atomic E-state index is 13.1. The number of carbonyl (C=O) groups excluding carboxylic acids is 2. The second kappa shape index (κ2) is 7.35. The van der Waals surface area contributed by atoms with Crippen LogP contribution in [0.15, 0.2) is 42.5 Å². The van der Waals surface area contributed by atoms with Crippen molar-refractivity contribution in [3.05, 3.63) is 48.0 Å². The van der Waals surface area contributed by atoms with E-state index in [4.69, 9.17) is 14.2 Å². The molecule has 0 bridgehead atoms. The van der Waals surface area contributed by atoms with Crippen LogP contribution in [0.3, 0.4) is 0 Å². The maximum Gasteiger partial charge on any atom is 0.249 e. The van der Waals surface area contributed by atoms with Gasteiger partial charge in [-0.1, -0.05) is 0 Å². The summed E-state index contributed by atoms with van der Waals surface area (Å²) in [5, 5.41) is 10.4. The van der Waals surface area contributed by atoms with Gasteiger partial charge in [0.15, 0.2) is 11.5 Å². The first-order valence-electron chi connectivity index (χ1n) is 9.77. The smallest absolute Gasteiger partial charge is 0.249 e. The van der Waals surface area contributed by atoms with Gasteiger partial charge in [-0.3, -0.25) is 9.59 Å². The molecule has 0 saturated carbocycles. The molecule has 0 spiro atoms. The van der Waals surface area contributed by atoms with Gasteiger partial charge in [0.25, 0.3) is 0 Å². The molecule has 0 aliphatic carbocycles. The van der Waals surface area contributed by atoms with Crippen LogP contribution >= 0.6 is 0 Å². The van der Waals surface area contributed by atoms with Crippen LogP contribution in [0.5, 0.6) is 17.2 Å². The quantitative estimate of drug-likeness (QED) is 0.672. The molecule has 2 amide bonds. The molecule has 9 heteroatoms. The topological polar surface area (TPSA) is 104 Å². The number of nitrogens with zero attached hydrogens (tertiary/aromatic N) is 2. The van der Waals surface area contributed by atoms with E-state index in [1.165, 1.54) is 0 Å². The molecular weight excluding hydrogens is 400 g/mol. The molecule has 0 unspecified atom stereocenters. The van der Waals surface area contributed by atoms with Crippen molar-refractivity contribution in [1.29, 1.82) is 0 Å². The molecule has 3 aromatic rings. The van der Waals surface area contributed by atoms with Crippen LogP contribution in [-0.4, -0.2) is 35.5 Å². The summed E-state index contributed by atoms with van der Waals surface area (Å²) in [6.07, 6.45) is -0.00738. The lowest BCUT2D eigenvalue weighted by molar-refractivity contribution is -0.125. The molecule has 158 valence electrons. The average Bonchev–Trinajstić information content (AvgIpc) is 3.37. The third-order valence-corrected chi connectivity index (χ3v) is 5.39. The van der Waals surface area contributed by atoms with E-state index in [0.29, 0.717) is 28.7 Å². The molecule has 0 radical (unpaired) electrons. The van der Waals surface area contributed by atoms with Crippen molar-refractivity contribution in [1.82, 2.24) is 9.78 Å². The van der Waals surface area contributed by atoms with E-state index in [0.717, 1.165) is 16.9 Å². The monoisotopic (exact) mass is 420 g/mol. The van der Waals surface area contributed by atoms with E-state index in [1.807, 2.05) is 31.2 Å². The van der Waals surface area contributed by atoms with Crippen LogP contribution < -0.4 is 24.8 Å². The van der Waals surface area contributed by atoms with Crippen molar-refractivity contribution in [3.8, 4) is 28.5 Å². The highest BCUT2D eigenvalue weighted by Gasteiger charge is 2.34. The summed E-state index contributed by atoms with van der Waals surface area (Å²) in [6, 6.07) is 11.8. The molecular formula is C22H20N4O5. The van der Waals surface area contributed by atoms with E-state index in [2.05, 4.69) is 15.7 Å². The van der Waals surface area contributed by atoms with Crippen LogP contribution in [0.4, 0.5) is 11.5 Å². The fraction of sp³-hybridized carbons (Fsp3) is 0.227. The lowest BCUT2D eigenvalue weighted by Crippen LogP contribution is -2.35. The van der Waals surface area contributed by atoms with E-state index in [-0.39, 0.29) is 25.0 Å². The van der Waals surface area contributed by atoms with Crippen LogP contribution in [0, 0.1) is 6.92 Å². The highest BCUT2D eigenvalue weighted by atomic mass is 16.7. The van der Waals surface area contributed by atoms with E-state index in [9.17, 15) is 9.59 Å². The predicted molar refractivity (Wildman–Crippen MR) is 112 cm³/mol. The molecule has 3 heterocycles. The fourth-order valence-corrected chi connectivity index (χ4v) is 3.77. The van der Waals surface area contributed by atoms with Crippen LogP contribution in [0.1, 0.15) is 18.0 Å². The molecule has 9 nitrogen and oxygen atoms in total. The van der Waals surface area contributed by atoms with Gasteiger partial charge in [0.05, 0.1) is 19.2 Å². The van der Waals surface area contributed by atoms with Gasteiger partial charge in [-0.25, -0.2) is 4.68 Å². The number of fused-ring (bicyclic) bond motifs is 2. The van der Waals surface area contributed by atoms with Gasteiger partial charge in [-0.05, 0) is 43.3 Å². The van der Waals surface area contributed by atoms with Gasteiger partial charge >= 0.3 is 0 Å². The van der Waals surface area contributed by atoms with Crippen molar-refractivity contribution < 1.29 is 23.8 Å². The van der Waals surface area contributed by atoms with Crippen molar-refractivity contribution in [2.24, 2.45) is 0 Å². The predicted octanol–water partition coefficient (Wildman–Crippen LogP) is 3.12. The Labute approximate surface area is 177 Å². The minimum Gasteiger partial charge on any atom is -0.497 e. The van der Waals surface area contributed by atoms with E-state index < -0.39 is 6.04 Å². The molecule has 0 fully saturated rings.